The fourth-order valence-electron chi connectivity index (χ4n) is 7.11. The molecular formula is C36H42N2O2S. The summed E-state index contributed by atoms with van der Waals surface area (Å²) in [4.78, 5) is 6.52. The summed E-state index contributed by atoms with van der Waals surface area (Å²) in [6.45, 7) is 6.70. The molecule has 0 spiro atoms. The van der Waals surface area contributed by atoms with Crippen LogP contribution in [-0.4, -0.2) is 61.3 Å². The number of benzene rings is 3. The Hall–Kier alpha value is -2.86. The predicted octanol–water partition coefficient (Wildman–Crippen LogP) is 8.03. The van der Waals surface area contributed by atoms with E-state index in [1.165, 1.54) is 103 Å². The summed E-state index contributed by atoms with van der Waals surface area (Å²) in [5.74, 6) is 1.97. The number of nitrogens with zero attached hydrogens (tertiary/aromatic N) is 2. The molecule has 0 unspecified atom stereocenters. The standard InChI is InChI=1S/C36H42N2O2S/c1-2-11-35-31(8-1)32(36(41-35)28-14-18-29(19-15-28)39-25-24-37-20-3-4-21-37)26-27-12-16-30(17-13-27)40-34-10-7-9-33(34)38-22-5-6-23-38/h1-2,8,11-19,33-34H,3-7,9-10,20-26H2/t33-,34-/m1/s1. The van der Waals surface area contributed by atoms with Crippen molar-refractivity contribution in [2.24, 2.45) is 0 Å². The van der Waals surface area contributed by atoms with E-state index < -0.39 is 0 Å². The highest BCUT2D eigenvalue weighted by Crippen LogP contribution is 2.40. The maximum absolute atomic E-state index is 6.57. The molecule has 1 aliphatic carbocycles. The summed E-state index contributed by atoms with van der Waals surface area (Å²) in [6, 6.07) is 27.1. The Balaban J connectivity index is 1.05. The number of likely N-dealkylation sites (tertiary alicyclic amines) is 2. The Morgan fingerprint density at radius 1 is 0.732 bits per heavy atom. The number of ether oxygens (including phenoxy) is 2. The lowest BCUT2D eigenvalue weighted by Crippen LogP contribution is -2.41. The zero-order valence-corrected chi connectivity index (χ0v) is 24.9. The molecule has 2 aliphatic heterocycles. The average molecular weight is 567 g/mol. The number of hydrogen-bond acceptors (Lipinski definition) is 5. The summed E-state index contributed by atoms with van der Waals surface area (Å²) >= 11 is 1.90. The van der Waals surface area contributed by atoms with E-state index in [2.05, 4.69) is 82.6 Å². The van der Waals surface area contributed by atoms with E-state index in [1.54, 1.807) is 0 Å². The maximum atomic E-state index is 6.57. The molecule has 3 fully saturated rings. The van der Waals surface area contributed by atoms with Crippen LogP contribution in [0.5, 0.6) is 11.5 Å². The van der Waals surface area contributed by atoms with Crippen LogP contribution in [0.25, 0.3) is 20.5 Å². The molecule has 2 saturated heterocycles. The van der Waals surface area contributed by atoms with Gasteiger partial charge >= 0.3 is 0 Å². The van der Waals surface area contributed by atoms with Crippen molar-refractivity contribution in [3.63, 3.8) is 0 Å². The number of fused-ring (bicyclic) bond motifs is 1. The third-order valence-corrected chi connectivity index (χ3v) is 10.6. The van der Waals surface area contributed by atoms with Crippen molar-refractivity contribution in [1.29, 1.82) is 0 Å². The maximum Gasteiger partial charge on any atom is 0.119 e. The minimum Gasteiger partial charge on any atom is -0.492 e. The first-order valence-corrected chi connectivity index (χ1v) is 16.6. The molecule has 0 N–H and O–H groups in total. The molecule has 4 nitrogen and oxygen atoms in total. The van der Waals surface area contributed by atoms with Gasteiger partial charge in [-0.25, -0.2) is 0 Å². The quantitative estimate of drug-likeness (QED) is 0.194. The van der Waals surface area contributed by atoms with Crippen LogP contribution in [0, 0.1) is 0 Å². The largest absolute Gasteiger partial charge is 0.492 e. The molecule has 41 heavy (non-hydrogen) atoms. The van der Waals surface area contributed by atoms with Crippen LogP contribution in [0.2, 0.25) is 0 Å². The molecule has 2 atom stereocenters. The van der Waals surface area contributed by atoms with Crippen LogP contribution in [-0.2, 0) is 6.42 Å². The van der Waals surface area contributed by atoms with Gasteiger partial charge in [-0.05, 0) is 142 Å². The van der Waals surface area contributed by atoms with Gasteiger partial charge in [0.2, 0.25) is 0 Å². The second-order valence-corrected chi connectivity index (χ2v) is 13.1. The van der Waals surface area contributed by atoms with Gasteiger partial charge in [0.25, 0.3) is 0 Å². The molecule has 1 aromatic heterocycles. The Morgan fingerprint density at radius 2 is 1.46 bits per heavy atom. The summed E-state index contributed by atoms with van der Waals surface area (Å²) in [5, 5.41) is 1.36. The fraction of sp³-hybridized carbons (Fsp3) is 0.444. The van der Waals surface area contributed by atoms with Crippen LogP contribution in [0.4, 0.5) is 0 Å². The Bertz CT molecular complexity index is 1420. The smallest absolute Gasteiger partial charge is 0.119 e. The van der Waals surface area contributed by atoms with Crippen LogP contribution in [0.15, 0.2) is 72.8 Å². The number of hydrogen-bond donors (Lipinski definition) is 0. The molecule has 5 heteroatoms. The highest BCUT2D eigenvalue weighted by molar-refractivity contribution is 7.22. The van der Waals surface area contributed by atoms with Crippen molar-refractivity contribution in [2.75, 3.05) is 39.3 Å². The highest BCUT2D eigenvalue weighted by atomic mass is 32.1. The second-order valence-electron chi connectivity index (χ2n) is 12.0. The highest BCUT2D eigenvalue weighted by Gasteiger charge is 2.34. The van der Waals surface area contributed by atoms with Gasteiger partial charge in [0.15, 0.2) is 0 Å². The van der Waals surface area contributed by atoms with Crippen LogP contribution in [0.3, 0.4) is 0 Å². The lowest BCUT2D eigenvalue weighted by atomic mass is 9.99. The molecule has 3 aromatic carbocycles. The van der Waals surface area contributed by atoms with Crippen molar-refractivity contribution in [3.05, 3.63) is 83.9 Å². The summed E-state index contributed by atoms with van der Waals surface area (Å²) in [6.07, 6.45) is 10.3. The van der Waals surface area contributed by atoms with Gasteiger partial charge in [-0.3, -0.25) is 9.80 Å². The molecule has 3 heterocycles. The van der Waals surface area contributed by atoms with E-state index in [0.717, 1.165) is 31.1 Å². The van der Waals surface area contributed by atoms with Crippen molar-refractivity contribution >= 4 is 21.4 Å². The van der Waals surface area contributed by atoms with Gasteiger partial charge < -0.3 is 9.47 Å². The summed E-state index contributed by atoms with van der Waals surface area (Å²) < 4.78 is 14.0. The van der Waals surface area contributed by atoms with Crippen molar-refractivity contribution < 1.29 is 9.47 Å². The van der Waals surface area contributed by atoms with E-state index in [4.69, 9.17) is 9.47 Å². The van der Waals surface area contributed by atoms with Gasteiger partial charge in [0.1, 0.15) is 24.2 Å². The van der Waals surface area contributed by atoms with E-state index in [0.29, 0.717) is 12.1 Å². The Labute approximate surface area is 248 Å². The minimum absolute atomic E-state index is 0.332. The van der Waals surface area contributed by atoms with Gasteiger partial charge in [0.05, 0.1) is 0 Å². The average Bonchev–Trinajstić information content (AvgIpc) is 3.83. The van der Waals surface area contributed by atoms with Crippen LogP contribution >= 0.6 is 11.3 Å². The lowest BCUT2D eigenvalue weighted by Gasteiger charge is -2.29. The first-order chi connectivity index (χ1) is 20.3. The van der Waals surface area contributed by atoms with Gasteiger partial charge in [-0.2, -0.15) is 0 Å². The molecule has 0 bridgehead atoms. The normalized spacial score (nSPS) is 21.7. The van der Waals surface area contributed by atoms with Gasteiger partial charge in [0, 0.05) is 22.2 Å². The van der Waals surface area contributed by atoms with Crippen molar-refractivity contribution in [3.8, 4) is 21.9 Å². The number of thiophene rings is 1. The zero-order chi connectivity index (χ0) is 27.4. The zero-order valence-electron chi connectivity index (χ0n) is 24.1. The van der Waals surface area contributed by atoms with Crippen LogP contribution < -0.4 is 9.47 Å². The monoisotopic (exact) mass is 566 g/mol. The molecule has 0 radical (unpaired) electrons. The molecule has 3 aliphatic rings. The van der Waals surface area contributed by atoms with E-state index >= 15 is 0 Å². The summed E-state index contributed by atoms with van der Waals surface area (Å²) in [5.41, 5.74) is 4.00. The van der Waals surface area contributed by atoms with Crippen LogP contribution in [0.1, 0.15) is 56.1 Å². The topological polar surface area (TPSA) is 24.9 Å². The first-order valence-electron chi connectivity index (χ1n) is 15.8. The molecule has 0 amide bonds. The lowest BCUT2D eigenvalue weighted by molar-refractivity contribution is 0.104. The first kappa shape index (κ1) is 27.0. The Morgan fingerprint density at radius 3 is 2.27 bits per heavy atom. The Kier molecular flexibility index (Phi) is 8.27. The summed E-state index contributed by atoms with van der Waals surface area (Å²) in [7, 11) is 0. The molecule has 1 saturated carbocycles. The SMILES string of the molecule is c1ccc2c(Cc3ccc(O[C@@H]4CCC[C@H]4N4CCCC4)cc3)c(-c3ccc(OCCN4CCCC4)cc3)sc2c1. The fourth-order valence-corrected chi connectivity index (χ4v) is 8.34. The van der Waals surface area contributed by atoms with Gasteiger partial charge in [-0.1, -0.05) is 30.3 Å². The third kappa shape index (κ3) is 6.18. The van der Waals surface area contributed by atoms with Crippen molar-refractivity contribution in [2.45, 2.75) is 63.5 Å². The molecule has 4 aromatic rings. The third-order valence-electron chi connectivity index (χ3n) is 9.31. The number of rotatable bonds is 10. The van der Waals surface area contributed by atoms with E-state index in [9.17, 15) is 0 Å². The second kappa shape index (κ2) is 12.6. The van der Waals surface area contributed by atoms with Gasteiger partial charge in [-0.15, -0.1) is 11.3 Å². The predicted molar refractivity (Wildman–Crippen MR) is 171 cm³/mol. The van der Waals surface area contributed by atoms with Crippen molar-refractivity contribution in [1.82, 2.24) is 9.80 Å². The molecule has 7 rings (SSSR count). The van der Waals surface area contributed by atoms with E-state index in [-0.39, 0.29) is 0 Å². The molecular weight excluding hydrogens is 524 g/mol. The van der Waals surface area contributed by atoms with E-state index in [1.807, 2.05) is 11.3 Å². The molecule has 214 valence electrons. The minimum atomic E-state index is 0.332.